The van der Waals surface area contributed by atoms with Gasteiger partial charge in [-0.1, -0.05) is 12.1 Å². The first-order valence-electron chi connectivity index (χ1n) is 5.09. The SMILES string of the molecule is CCOC(=O)C=Cc1ccc(OB(O)O)cc1. The highest BCUT2D eigenvalue weighted by molar-refractivity contribution is 6.33. The van der Waals surface area contributed by atoms with Crippen molar-refractivity contribution in [2.45, 2.75) is 6.92 Å². The molecule has 1 aromatic rings. The summed E-state index contributed by atoms with van der Waals surface area (Å²) in [6.07, 6.45) is 2.91. The molecule has 1 aromatic carbocycles. The molecule has 17 heavy (non-hydrogen) atoms. The summed E-state index contributed by atoms with van der Waals surface area (Å²) in [6, 6.07) is 6.47. The van der Waals surface area contributed by atoms with Gasteiger partial charge in [0.05, 0.1) is 6.61 Å². The first-order chi connectivity index (χ1) is 8.11. The number of benzene rings is 1. The lowest BCUT2D eigenvalue weighted by molar-refractivity contribution is -0.137. The quantitative estimate of drug-likeness (QED) is 0.445. The van der Waals surface area contributed by atoms with Gasteiger partial charge in [0.1, 0.15) is 5.75 Å². The standard InChI is InChI=1S/C11H13BO5/c1-2-16-11(13)8-5-9-3-6-10(7-4-9)17-12(14)15/h3-8,14-15H,2H2,1H3. The maximum absolute atomic E-state index is 11.0. The summed E-state index contributed by atoms with van der Waals surface area (Å²) < 4.78 is 9.35. The molecule has 0 spiro atoms. The van der Waals surface area contributed by atoms with Crippen LogP contribution in [0.5, 0.6) is 5.75 Å². The Morgan fingerprint density at radius 2 is 2.00 bits per heavy atom. The van der Waals surface area contributed by atoms with Gasteiger partial charge in [0, 0.05) is 6.08 Å². The minimum absolute atomic E-state index is 0.327. The molecule has 1 rings (SSSR count). The van der Waals surface area contributed by atoms with Crippen LogP contribution in [0.1, 0.15) is 12.5 Å². The Morgan fingerprint density at radius 1 is 1.35 bits per heavy atom. The van der Waals surface area contributed by atoms with Crippen molar-refractivity contribution in [2.75, 3.05) is 6.61 Å². The maximum Gasteiger partial charge on any atom is 0.707 e. The van der Waals surface area contributed by atoms with E-state index in [1.54, 1.807) is 37.3 Å². The number of carbonyl (C=O) groups excluding carboxylic acids is 1. The molecule has 6 heteroatoms. The van der Waals surface area contributed by atoms with E-state index in [2.05, 4.69) is 4.65 Å². The van der Waals surface area contributed by atoms with E-state index in [0.29, 0.717) is 12.4 Å². The highest BCUT2D eigenvalue weighted by atomic mass is 16.6. The molecule has 0 fully saturated rings. The fourth-order valence-corrected chi connectivity index (χ4v) is 1.13. The molecule has 0 bridgehead atoms. The molecule has 0 amide bonds. The fourth-order valence-electron chi connectivity index (χ4n) is 1.13. The van der Waals surface area contributed by atoms with Crippen LogP contribution < -0.4 is 4.65 Å². The van der Waals surface area contributed by atoms with Crippen LogP contribution in [-0.4, -0.2) is 29.9 Å². The van der Waals surface area contributed by atoms with E-state index < -0.39 is 13.3 Å². The molecule has 0 atom stereocenters. The molecule has 0 aliphatic heterocycles. The molecule has 0 saturated heterocycles. The summed E-state index contributed by atoms with van der Waals surface area (Å²) in [7, 11) is -1.84. The van der Waals surface area contributed by atoms with Crippen LogP contribution in [0.2, 0.25) is 0 Å². The Hall–Kier alpha value is -1.79. The second-order valence-electron chi connectivity index (χ2n) is 3.10. The van der Waals surface area contributed by atoms with Gasteiger partial charge >= 0.3 is 13.3 Å². The molecule has 0 aliphatic carbocycles. The van der Waals surface area contributed by atoms with Crippen LogP contribution in [-0.2, 0) is 9.53 Å². The number of hydrogen-bond acceptors (Lipinski definition) is 5. The molecular formula is C11H13BO5. The zero-order valence-corrected chi connectivity index (χ0v) is 9.37. The van der Waals surface area contributed by atoms with Gasteiger partial charge in [-0.05, 0) is 30.7 Å². The van der Waals surface area contributed by atoms with Crippen LogP contribution >= 0.6 is 0 Å². The van der Waals surface area contributed by atoms with Gasteiger partial charge in [-0.2, -0.15) is 0 Å². The maximum atomic E-state index is 11.0. The van der Waals surface area contributed by atoms with Gasteiger partial charge in [-0.3, -0.25) is 0 Å². The molecule has 0 saturated carbocycles. The molecule has 0 radical (unpaired) electrons. The average Bonchev–Trinajstić information content (AvgIpc) is 2.28. The van der Waals surface area contributed by atoms with E-state index >= 15 is 0 Å². The lowest BCUT2D eigenvalue weighted by Gasteiger charge is -2.03. The van der Waals surface area contributed by atoms with E-state index in [1.165, 1.54) is 6.08 Å². The fraction of sp³-hybridized carbons (Fsp3) is 0.182. The Morgan fingerprint density at radius 3 is 2.53 bits per heavy atom. The van der Waals surface area contributed by atoms with Crippen molar-refractivity contribution in [2.24, 2.45) is 0 Å². The average molecular weight is 236 g/mol. The van der Waals surface area contributed by atoms with Gasteiger partial charge in [-0.25, -0.2) is 4.79 Å². The number of hydrogen-bond donors (Lipinski definition) is 2. The molecule has 90 valence electrons. The Kier molecular flexibility index (Phi) is 5.25. The van der Waals surface area contributed by atoms with E-state index in [9.17, 15) is 4.79 Å². The van der Waals surface area contributed by atoms with Crippen molar-refractivity contribution in [1.29, 1.82) is 0 Å². The second-order valence-corrected chi connectivity index (χ2v) is 3.10. The summed E-state index contributed by atoms with van der Waals surface area (Å²) in [5.74, 6) is -0.0770. The summed E-state index contributed by atoms with van der Waals surface area (Å²) >= 11 is 0. The van der Waals surface area contributed by atoms with Crippen molar-refractivity contribution >= 4 is 19.4 Å². The molecule has 0 aliphatic rings. The Balaban J connectivity index is 2.59. The number of ether oxygens (including phenoxy) is 1. The van der Waals surface area contributed by atoms with Gasteiger partial charge in [0.25, 0.3) is 0 Å². The monoisotopic (exact) mass is 236 g/mol. The van der Waals surface area contributed by atoms with E-state index in [0.717, 1.165) is 5.56 Å². The third kappa shape index (κ3) is 5.19. The zero-order chi connectivity index (χ0) is 12.7. The van der Waals surface area contributed by atoms with Crippen LogP contribution in [0.15, 0.2) is 30.3 Å². The first kappa shape index (κ1) is 13.3. The normalized spacial score (nSPS) is 10.3. The van der Waals surface area contributed by atoms with E-state index in [4.69, 9.17) is 14.8 Å². The summed E-state index contributed by atoms with van der Waals surface area (Å²) in [4.78, 5) is 11.0. The van der Waals surface area contributed by atoms with E-state index in [1.807, 2.05) is 0 Å². The molecule has 0 heterocycles. The van der Waals surface area contributed by atoms with Crippen molar-refractivity contribution in [3.05, 3.63) is 35.9 Å². The van der Waals surface area contributed by atoms with Crippen molar-refractivity contribution in [1.82, 2.24) is 0 Å². The van der Waals surface area contributed by atoms with Crippen LogP contribution in [0.25, 0.3) is 6.08 Å². The molecule has 5 nitrogen and oxygen atoms in total. The Labute approximate surface area is 99.5 Å². The van der Waals surface area contributed by atoms with Gasteiger partial charge in [0.2, 0.25) is 0 Å². The lowest BCUT2D eigenvalue weighted by Crippen LogP contribution is -2.20. The molecule has 0 unspecified atom stereocenters. The zero-order valence-electron chi connectivity index (χ0n) is 9.37. The third-order valence-corrected chi connectivity index (χ3v) is 1.82. The smallest absolute Gasteiger partial charge is 0.512 e. The molecular weight excluding hydrogens is 223 g/mol. The van der Waals surface area contributed by atoms with Crippen LogP contribution in [0.4, 0.5) is 0 Å². The Bertz CT molecular complexity index is 385. The third-order valence-electron chi connectivity index (χ3n) is 1.82. The van der Waals surface area contributed by atoms with Crippen molar-refractivity contribution in [3.8, 4) is 5.75 Å². The van der Waals surface area contributed by atoms with Crippen LogP contribution in [0.3, 0.4) is 0 Å². The van der Waals surface area contributed by atoms with Crippen molar-refractivity contribution in [3.63, 3.8) is 0 Å². The number of rotatable bonds is 5. The predicted octanol–water partition coefficient (Wildman–Crippen LogP) is 0.611. The second kappa shape index (κ2) is 6.72. The minimum atomic E-state index is -1.84. The van der Waals surface area contributed by atoms with Crippen molar-refractivity contribution < 1.29 is 24.2 Å². The highest BCUT2D eigenvalue weighted by Gasteiger charge is 2.10. The summed E-state index contributed by atoms with van der Waals surface area (Å²) in [6.45, 7) is 2.07. The molecule has 0 aromatic heterocycles. The highest BCUT2D eigenvalue weighted by Crippen LogP contribution is 2.13. The lowest BCUT2D eigenvalue weighted by atomic mass is 10.2. The minimum Gasteiger partial charge on any atom is -0.512 e. The van der Waals surface area contributed by atoms with Gasteiger partial charge in [-0.15, -0.1) is 0 Å². The summed E-state index contributed by atoms with van der Waals surface area (Å²) in [5, 5.41) is 17.1. The van der Waals surface area contributed by atoms with Gasteiger partial charge < -0.3 is 19.4 Å². The molecule has 2 N–H and O–H groups in total. The predicted molar refractivity (Wildman–Crippen MR) is 62.9 cm³/mol. The van der Waals surface area contributed by atoms with Crippen LogP contribution in [0, 0.1) is 0 Å². The first-order valence-corrected chi connectivity index (χ1v) is 5.09. The largest absolute Gasteiger partial charge is 0.707 e. The number of esters is 1. The summed E-state index contributed by atoms with van der Waals surface area (Å²) in [5.41, 5.74) is 0.776. The number of carbonyl (C=O) groups is 1. The van der Waals surface area contributed by atoms with E-state index in [-0.39, 0.29) is 0 Å². The topological polar surface area (TPSA) is 76.0 Å². The van der Waals surface area contributed by atoms with Gasteiger partial charge in [0.15, 0.2) is 0 Å².